The molecule has 1 aromatic heterocycles. The van der Waals surface area contributed by atoms with Crippen LogP contribution in [0.5, 0.6) is 0 Å². The van der Waals surface area contributed by atoms with E-state index in [1.165, 1.54) is 4.90 Å². The van der Waals surface area contributed by atoms with Gasteiger partial charge in [0.15, 0.2) is 15.4 Å². The van der Waals surface area contributed by atoms with Crippen LogP contribution in [0.15, 0.2) is 28.8 Å². The Kier molecular flexibility index (Phi) is 3.44. The van der Waals surface area contributed by atoms with Crippen molar-refractivity contribution in [2.24, 2.45) is 0 Å². The number of benzene rings is 1. The maximum Gasteiger partial charge on any atom is 0.228 e. The topological polar surface area (TPSA) is 80.5 Å². The number of nitrogens with zero attached hydrogens (tertiary/aromatic N) is 2. The van der Waals surface area contributed by atoms with Crippen molar-refractivity contribution in [2.45, 2.75) is 18.9 Å². The van der Waals surface area contributed by atoms with Crippen LogP contribution < -0.4 is 0 Å². The van der Waals surface area contributed by atoms with E-state index in [4.69, 9.17) is 4.52 Å². The first-order valence-electron chi connectivity index (χ1n) is 6.76. The van der Waals surface area contributed by atoms with Crippen LogP contribution in [0.1, 0.15) is 12.1 Å². The number of para-hydroxylation sites is 1. The Bertz CT molecular complexity index is 781. The van der Waals surface area contributed by atoms with Gasteiger partial charge in [-0.2, -0.15) is 0 Å². The molecule has 0 radical (unpaired) electrons. The van der Waals surface area contributed by atoms with Gasteiger partial charge in [-0.05, 0) is 18.6 Å². The highest BCUT2D eigenvalue weighted by Gasteiger charge is 2.32. The molecule has 1 saturated heterocycles. The molecule has 1 aliphatic rings. The van der Waals surface area contributed by atoms with Crippen molar-refractivity contribution in [1.29, 1.82) is 0 Å². The fraction of sp³-hybridized carbons (Fsp3) is 0.429. The molecule has 0 aliphatic carbocycles. The smallest absolute Gasteiger partial charge is 0.228 e. The van der Waals surface area contributed by atoms with E-state index in [1.807, 2.05) is 18.2 Å². The van der Waals surface area contributed by atoms with Gasteiger partial charge in [0.05, 0.1) is 17.9 Å². The van der Waals surface area contributed by atoms with Crippen LogP contribution in [0.3, 0.4) is 0 Å². The van der Waals surface area contributed by atoms with Gasteiger partial charge in [-0.3, -0.25) is 4.79 Å². The SMILES string of the molecule is CN(C(=O)Cc1noc2ccccc12)C1CCS(=O)(=O)C1. The van der Waals surface area contributed by atoms with Crippen LogP contribution in [-0.2, 0) is 21.1 Å². The summed E-state index contributed by atoms with van der Waals surface area (Å²) < 4.78 is 28.2. The Labute approximate surface area is 122 Å². The third kappa shape index (κ3) is 2.78. The van der Waals surface area contributed by atoms with Crippen LogP contribution in [0.25, 0.3) is 11.0 Å². The molecule has 0 spiro atoms. The molecule has 1 unspecified atom stereocenters. The van der Waals surface area contributed by atoms with Crippen molar-refractivity contribution in [3.63, 3.8) is 0 Å². The lowest BCUT2D eigenvalue weighted by molar-refractivity contribution is -0.130. The van der Waals surface area contributed by atoms with Gasteiger partial charge in [0, 0.05) is 18.5 Å². The lowest BCUT2D eigenvalue weighted by Gasteiger charge is -2.22. The predicted molar refractivity (Wildman–Crippen MR) is 77.5 cm³/mol. The third-order valence-electron chi connectivity index (χ3n) is 3.92. The van der Waals surface area contributed by atoms with E-state index in [9.17, 15) is 13.2 Å². The standard InChI is InChI=1S/C14H16N2O4S/c1-16(10-6-7-21(18,19)9-10)14(17)8-12-11-4-2-3-5-13(11)20-15-12/h2-5,10H,6-9H2,1H3. The fourth-order valence-corrected chi connectivity index (χ4v) is 4.39. The molecule has 0 bridgehead atoms. The zero-order chi connectivity index (χ0) is 15.0. The van der Waals surface area contributed by atoms with Crippen LogP contribution in [-0.4, -0.2) is 49.0 Å². The van der Waals surface area contributed by atoms with E-state index in [0.29, 0.717) is 17.7 Å². The molecule has 0 saturated carbocycles. The third-order valence-corrected chi connectivity index (χ3v) is 5.67. The van der Waals surface area contributed by atoms with Crippen LogP contribution in [0.4, 0.5) is 0 Å². The molecule has 1 aliphatic heterocycles. The quantitative estimate of drug-likeness (QED) is 0.845. The van der Waals surface area contributed by atoms with Gasteiger partial charge in [-0.25, -0.2) is 8.42 Å². The minimum absolute atomic E-state index is 0.0504. The average Bonchev–Trinajstić information content (AvgIpc) is 3.02. The Morgan fingerprint density at radius 2 is 2.19 bits per heavy atom. The zero-order valence-electron chi connectivity index (χ0n) is 11.7. The highest BCUT2D eigenvalue weighted by Crippen LogP contribution is 2.21. The molecule has 1 aromatic carbocycles. The van der Waals surface area contributed by atoms with Crippen molar-refractivity contribution < 1.29 is 17.7 Å². The van der Waals surface area contributed by atoms with Gasteiger partial charge in [-0.15, -0.1) is 0 Å². The Morgan fingerprint density at radius 1 is 1.43 bits per heavy atom. The molecule has 112 valence electrons. The van der Waals surface area contributed by atoms with Gasteiger partial charge in [0.1, 0.15) is 5.69 Å². The summed E-state index contributed by atoms with van der Waals surface area (Å²) >= 11 is 0. The summed E-state index contributed by atoms with van der Waals surface area (Å²) in [6.45, 7) is 0. The van der Waals surface area contributed by atoms with Crippen LogP contribution in [0.2, 0.25) is 0 Å². The largest absolute Gasteiger partial charge is 0.356 e. The summed E-state index contributed by atoms with van der Waals surface area (Å²) in [6.07, 6.45) is 0.619. The fourth-order valence-electron chi connectivity index (χ4n) is 2.62. The Balaban J connectivity index is 1.74. The van der Waals surface area contributed by atoms with Gasteiger partial charge < -0.3 is 9.42 Å². The molecule has 21 heavy (non-hydrogen) atoms. The number of amides is 1. The number of aromatic nitrogens is 1. The zero-order valence-corrected chi connectivity index (χ0v) is 12.5. The molecule has 1 amide bonds. The molecule has 1 fully saturated rings. The van der Waals surface area contributed by atoms with Gasteiger partial charge in [0.25, 0.3) is 0 Å². The molecule has 0 N–H and O–H groups in total. The Hall–Kier alpha value is -1.89. The number of rotatable bonds is 3. The molecule has 6 nitrogen and oxygen atoms in total. The highest BCUT2D eigenvalue weighted by molar-refractivity contribution is 7.91. The summed E-state index contributed by atoms with van der Waals surface area (Å²) in [5.74, 6) is 0.0629. The molecule has 7 heteroatoms. The number of hydrogen-bond acceptors (Lipinski definition) is 5. The molecular formula is C14H16N2O4S. The van der Waals surface area contributed by atoms with Crippen molar-refractivity contribution >= 4 is 26.7 Å². The Morgan fingerprint density at radius 3 is 2.90 bits per heavy atom. The summed E-state index contributed by atoms with van der Waals surface area (Å²) in [7, 11) is -1.35. The number of carbonyl (C=O) groups is 1. The second-order valence-electron chi connectivity index (χ2n) is 5.36. The monoisotopic (exact) mass is 308 g/mol. The normalized spacial score (nSPS) is 20.7. The average molecular weight is 308 g/mol. The first-order valence-corrected chi connectivity index (χ1v) is 8.58. The first kappa shape index (κ1) is 14.1. The van der Waals surface area contributed by atoms with E-state index in [-0.39, 0.29) is 29.9 Å². The highest BCUT2D eigenvalue weighted by atomic mass is 32.2. The molecule has 2 heterocycles. The van der Waals surface area contributed by atoms with Crippen molar-refractivity contribution in [3.8, 4) is 0 Å². The minimum atomic E-state index is -3.00. The predicted octanol–water partition coefficient (Wildman–Crippen LogP) is 1.02. The molecule has 3 rings (SSSR count). The van der Waals surface area contributed by atoms with Crippen molar-refractivity contribution in [1.82, 2.24) is 10.1 Å². The lowest BCUT2D eigenvalue weighted by atomic mass is 10.1. The number of carbonyl (C=O) groups excluding carboxylic acids is 1. The van der Waals surface area contributed by atoms with E-state index < -0.39 is 9.84 Å². The maximum absolute atomic E-state index is 12.3. The molecule has 1 atom stereocenters. The van der Waals surface area contributed by atoms with E-state index in [1.54, 1.807) is 13.1 Å². The van der Waals surface area contributed by atoms with Crippen LogP contribution >= 0.6 is 0 Å². The number of likely N-dealkylation sites (N-methyl/N-ethyl adjacent to an activating group) is 1. The van der Waals surface area contributed by atoms with E-state index in [0.717, 1.165) is 5.39 Å². The first-order chi connectivity index (χ1) is 9.96. The maximum atomic E-state index is 12.3. The number of sulfone groups is 1. The summed E-state index contributed by atoms with van der Waals surface area (Å²) in [4.78, 5) is 13.8. The summed E-state index contributed by atoms with van der Waals surface area (Å²) in [5, 5.41) is 4.75. The van der Waals surface area contributed by atoms with Crippen molar-refractivity contribution in [3.05, 3.63) is 30.0 Å². The minimum Gasteiger partial charge on any atom is -0.356 e. The summed E-state index contributed by atoms with van der Waals surface area (Å²) in [6, 6.07) is 7.12. The molecule has 2 aromatic rings. The second kappa shape index (κ2) is 5.14. The summed E-state index contributed by atoms with van der Waals surface area (Å²) in [5.41, 5.74) is 1.23. The van der Waals surface area contributed by atoms with Gasteiger partial charge >= 0.3 is 0 Å². The second-order valence-corrected chi connectivity index (χ2v) is 7.59. The number of hydrogen-bond donors (Lipinski definition) is 0. The van der Waals surface area contributed by atoms with E-state index in [2.05, 4.69) is 5.16 Å². The van der Waals surface area contributed by atoms with Crippen LogP contribution in [0, 0.1) is 0 Å². The van der Waals surface area contributed by atoms with Crippen molar-refractivity contribution in [2.75, 3.05) is 18.6 Å². The van der Waals surface area contributed by atoms with Gasteiger partial charge in [0.2, 0.25) is 5.91 Å². The lowest BCUT2D eigenvalue weighted by Crippen LogP contribution is -2.38. The van der Waals surface area contributed by atoms with E-state index >= 15 is 0 Å². The molecular weight excluding hydrogens is 292 g/mol. The number of fused-ring (bicyclic) bond motifs is 1. The van der Waals surface area contributed by atoms with Gasteiger partial charge in [-0.1, -0.05) is 17.3 Å².